The van der Waals surface area contributed by atoms with Crippen LogP contribution in [0.15, 0.2) is 76.8 Å². The van der Waals surface area contributed by atoms with Gasteiger partial charge in [-0.1, -0.05) is 23.9 Å². The number of benzene rings is 2. The summed E-state index contributed by atoms with van der Waals surface area (Å²) in [4.78, 5) is 23.1. The van der Waals surface area contributed by atoms with E-state index in [1.165, 1.54) is 36.3 Å². The Morgan fingerprint density at radius 3 is 2.23 bits per heavy atom. The molecule has 0 unspecified atom stereocenters. The maximum Gasteiger partial charge on any atom is 0.416 e. The Morgan fingerprint density at radius 2 is 1.57 bits per heavy atom. The number of hydrogen-bond acceptors (Lipinski definition) is 8. The van der Waals surface area contributed by atoms with Gasteiger partial charge in [-0.2, -0.15) is 13.2 Å². The number of carbonyl (C=O) groups is 1. The Hall–Kier alpha value is -3.16. The number of aliphatic hydroxyl groups excluding tert-OH is 1. The first-order chi connectivity index (χ1) is 19.3. The molecule has 0 bridgehead atoms. The van der Waals surface area contributed by atoms with E-state index in [-0.39, 0.29) is 12.5 Å². The van der Waals surface area contributed by atoms with Crippen LogP contribution >= 0.6 is 11.8 Å². The van der Waals surface area contributed by atoms with Crippen molar-refractivity contribution in [1.82, 2.24) is 20.2 Å². The normalized spacial score (nSPS) is 15.5. The fourth-order valence-corrected chi connectivity index (χ4v) is 5.74. The highest BCUT2D eigenvalue weighted by Crippen LogP contribution is 2.49. The number of hydrogen-bond donors (Lipinski definition) is 3. The van der Waals surface area contributed by atoms with E-state index in [9.17, 15) is 18.0 Å². The average Bonchev–Trinajstić information content (AvgIpc) is 2.97. The molecule has 3 aromatic rings. The maximum absolute atomic E-state index is 13.3. The number of hydrazine groups is 1. The van der Waals surface area contributed by atoms with Gasteiger partial charge < -0.3 is 14.9 Å². The maximum atomic E-state index is 13.3. The van der Waals surface area contributed by atoms with Crippen LogP contribution < -0.4 is 16.2 Å². The van der Waals surface area contributed by atoms with Crippen molar-refractivity contribution in [3.05, 3.63) is 78.1 Å². The van der Waals surface area contributed by atoms with E-state index < -0.39 is 11.7 Å². The minimum absolute atomic E-state index is 0.186. The molecule has 0 radical (unpaired) electrons. The lowest BCUT2D eigenvalue weighted by Crippen LogP contribution is -2.47. The summed E-state index contributed by atoms with van der Waals surface area (Å²) in [5.41, 5.74) is 3.54. The molecule has 12 heteroatoms. The van der Waals surface area contributed by atoms with Crippen LogP contribution in [-0.2, 0) is 6.18 Å². The van der Waals surface area contributed by atoms with Gasteiger partial charge in [0.15, 0.2) is 0 Å². The topological polar surface area (TPSA) is 98.0 Å². The Balaban J connectivity index is 0.000000312. The third-order valence-electron chi connectivity index (χ3n) is 6.76. The number of aliphatic hydroxyl groups is 1. The number of nitrogens with two attached hydrogens (primary N) is 1. The standard InChI is InChI=1S/C22H26F3N3OS.C6H7N3O/c23-22(24,25)17-6-7-21-19(16-17)28(18-4-1-2-5-20(18)30-21)9-3-8-26-10-12-27(13-11-26)14-15-29;7-9-6(10)5-1-3-8-4-2-5/h1-2,4-7,16,29H,3,8-15H2;1-4H,7H2,(H,9,10). The van der Waals surface area contributed by atoms with E-state index in [0.717, 1.165) is 54.6 Å². The summed E-state index contributed by atoms with van der Waals surface area (Å²) in [6.07, 6.45) is -0.416. The first-order valence-electron chi connectivity index (χ1n) is 13.0. The lowest BCUT2D eigenvalue weighted by molar-refractivity contribution is -0.137. The van der Waals surface area contributed by atoms with Gasteiger partial charge in [0.2, 0.25) is 0 Å². The number of anilines is 2. The molecule has 1 saturated heterocycles. The lowest BCUT2D eigenvalue weighted by atomic mass is 10.1. The minimum Gasteiger partial charge on any atom is -0.395 e. The zero-order chi connectivity index (χ0) is 28.5. The second-order valence-electron chi connectivity index (χ2n) is 9.37. The smallest absolute Gasteiger partial charge is 0.395 e. The SMILES string of the molecule is NNC(=O)c1ccncc1.OCCN1CCN(CCCN2c3ccccc3Sc3ccc(C(F)(F)F)cc32)CC1. The van der Waals surface area contributed by atoms with Gasteiger partial charge in [0.05, 0.1) is 23.5 Å². The average molecular weight is 575 g/mol. The highest BCUT2D eigenvalue weighted by Gasteiger charge is 2.33. The highest BCUT2D eigenvalue weighted by atomic mass is 32.2. The van der Waals surface area contributed by atoms with Gasteiger partial charge in [-0.25, -0.2) is 5.84 Å². The van der Waals surface area contributed by atoms with Crippen molar-refractivity contribution in [3.63, 3.8) is 0 Å². The number of halogens is 3. The molecule has 0 aliphatic carbocycles. The van der Waals surface area contributed by atoms with E-state index in [1.807, 2.05) is 34.6 Å². The molecule has 0 atom stereocenters. The number of fused-ring (bicyclic) bond motifs is 2. The third kappa shape index (κ3) is 7.73. The first kappa shape index (κ1) is 29.8. The lowest BCUT2D eigenvalue weighted by Gasteiger charge is -2.36. The zero-order valence-electron chi connectivity index (χ0n) is 22.0. The van der Waals surface area contributed by atoms with Gasteiger partial charge in [0.25, 0.3) is 5.91 Å². The Bertz CT molecular complexity index is 1260. The van der Waals surface area contributed by atoms with Gasteiger partial charge in [0, 0.05) is 67.0 Å². The van der Waals surface area contributed by atoms with Crippen LogP contribution in [0.2, 0.25) is 0 Å². The molecule has 2 aliphatic rings. The molecular formula is C28H33F3N6O2S. The summed E-state index contributed by atoms with van der Waals surface area (Å²) < 4.78 is 39.9. The van der Waals surface area contributed by atoms with Crippen LogP contribution in [0.25, 0.3) is 0 Å². The second kappa shape index (κ2) is 14.0. The molecule has 2 aromatic carbocycles. The van der Waals surface area contributed by atoms with Crippen molar-refractivity contribution >= 4 is 29.0 Å². The zero-order valence-corrected chi connectivity index (χ0v) is 22.8. The number of para-hydroxylation sites is 1. The Labute approximate surface area is 235 Å². The number of nitrogen functional groups attached to an aromatic ring is 1. The van der Waals surface area contributed by atoms with E-state index in [2.05, 4.69) is 14.8 Å². The van der Waals surface area contributed by atoms with Gasteiger partial charge in [-0.3, -0.25) is 20.1 Å². The van der Waals surface area contributed by atoms with Crippen molar-refractivity contribution in [3.8, 4) is 0 Å². The summed E-state index contributed by atoms with van der Waals surface area (Å²) in [6, 6.07) is 15.1. The van der Waals surface area contributed by atoms with Crippen LogP contribution in [0.1, 0.15) is 22.3 Å². The molecule has 1 fully saturated rings. The van der Waals surface area contributed by atoms with Crippen LogP contribution in [-0.4, -0.2) is 78.2 Å². The predicted molar refractivity (Wildman–Crippen MR) is 149 cm³/mol. The minimum atomic E-state index is -4.35. The van der Waals surface area contributed by atoms with Crippen LogP contribution in [0.5, 0.6) is 0 Å². The van der Waals surface area contributed by atoms with Crippen molar-refractivity contribution in [2.75, 3.05) is 57.3 Å². The van der Waals surface area contributed by atoms with Gasteiger partial charge in [0.1, 0.15) is 0 Å². The molecule has 3 heterocycles. The molecule has 8 nitrogen and oxygen atoms in total. The molecule has 5 rings (SSSR count). The Morgan fingerprint density at radius 1 is 0.925 bits per heavy atom. The summed E-state index contributed by atoms with van der Waals surface area (Å²) in [7, 11) is 0. The fraction of sp³-hybridized carbons (Fsp3) is 0.357. The van der Waals surface area contributed by atoms with Gasteiger partial charge >= 0.3 is 6.18 Å². The van der Waals surface area contributed by atoms with E-state index >= 15 is 0 Å². The predicted octanol–water partition coefficient (Wildman–Crippen LogP) is 3.99. The summed E-state index contributed by atoms with van der Waals surface area (Å²) in [5, 5.41) is 9.07. The number of rotatable bonds is 7. The number of piperazine rings is 1. The van der Waals surface area contributed by atoms with Crippen LogP contribution in [0.4, 0.5) is 24.5 Å². The van der Waals surface area contributed by atoms with Crippen molar-refractivity contribution < 1.29 is 23.1 Å². The molecule has 4 N–H and O–H groups in total. The highest BCUT2D eigenvalue weighted by molar-refractivity contribution is 7.99. The van der Waals surface area contributed by atoms with Gasteiger partial charge in [-0.05, 0) is 55.4 Å². The van der Waals surface area contributed by atoms with Crippen molar-refractivity contribution in [1.29, 1.82) is 0 Å². The first-order valence-corrected chi connectivity index (χ1v) is 13.8. The molecule has 2 aliphatic heterocycles. The molecule has 1 amide bonds. The van der Waals surface area contributed by atoms with Crippen molar-refractivity contribution in [2.45, 2.75) is 22.4 Å². The molecule has 214 valence electrons. The number of alkyl halides is 3. The number of nitrogens with one attached hydrogen (secondary N) is 1. The van der Waals surface area contributed by atoms with E-state index in [1.54, 1.807) is 18.2 Å². The number of pyridine rings is 1. The quantitative estimate of drug-likeness (QED) is 0.222. The van der Waals surface area contributed by atoms with Crippen LogP contribution in [0, 0.1) is 0 Å². The number of nitrogens with zero attached hydrogens (tertiary/aromatic N) is 4. The second-order valence-corrected chi connectivity index (χ2v) is 10.5. The number of carbonyl (C=O) groups excluding carboxylic acids is 1. The Kier molecular flexibility index (Phi) is 10.4. The largest absolute Gasteiger partial charge is 0.416 e. The molecule has 0 spiro atoms. The fourth-order valence-electron chi connectivity index (χ4n) is 4.66. The van der Waals surface area contributed by atoms with E-state index in [4.69, 9.17) is 10.9 Å². The summed E-state index contributed by atoms with van der Waals surface area (Å²) >= 11 is 1.53. The number of amides is 1. The summed E-state index contributed by atoms with van der Waals surface area (Å²) in [6.45, 7) is 6.29. The number of β-amino-alcohol motifs (C(OH)–C–C–N with tert-alkyl or cyclic N) is 1. The van der Waals surface area contributed by atoms with E-state index in [0.29, 0.717) is 24.3 Å². The third-order valence-corrected chi connectivity index (χ3v) is 7.89. The van der Waals surface area contributed by atoms with Gasteiger partial charge in [-0.15, -0.1) is 0 Å². The van der Waals surface area contributed by atoms with Crippen molar-refractivity contribution in [2.24, 2.45) is 5.84 Å². The number of aromatic nitrogens is 1. The molecule has 40 heavy (non-hydrogen) atoms. The summed E-state index contributed by atoms with van der Waals surface area (Å²) in [5.74, 6) is 4.58. The molecule has 1 aromatic heterocycles. The molecule has 0 saturated carbocycles. The van der Waals surface area contributed by atoms with Crippen LogP contribution in [0.3, 0.4) is 0 Å². The monoisotopic (exact) mass is 574 g/mol. The molecular weight excluding hydrogens is 541 g/mol.